The van der Waals surface area contributed by atoms with Gasteiger partial charge >= 0.3 is 0 Å². The van der Waals surface area contributed by atoms with E-state index in [9.17, 15) is 0 Å². The Hall–Kier alpha value is -2.11. The van der Waals surface area contributed by atoms with Crippen molar-refractivity contribution in [2.75, 3.05) is 5.32 Å². The van der Waals surface area contributed by atoms with Crippen molar-refractivity contribution in [1.82, 2.24) is 20.2 Å². The molecule has 0 atom stereocenters. The molecule has 2 aromatic carbocycles. The van der Waals surface area contributed by atoms with Gasteiger partial charge < -0.3 is 5.32 Å². The molecule has 21 heavy (non-hydrogen) atoms. The zero-order chi connectivity index (χ0) is 14.7. The van der Waals surface area contributed by atoms with Crippen LogP contribution in [0.4, 0.5) is 5.69 Å². The van der Waals surface area contributed by atoms with Gasteiger partial charge in [0.05, 0.1) is 5.69 Å². The van der Waals surface area contributed by atoms with E-state index in [4.69, 9.17) is 23.2 Å². The summed E-state index contributed by atoms with van der Waals surface area (Å²) >= 11 is 12.1. The van der Waals surface area contributed by atoms with Gasteiger partial charge in [-0.05, 0) is 58.5 Å². The number of hydrogen-bond donors (Lipinski definition) is 1. The highest BCUT2D eigenvalue weighted by atomic mass is 35.5. The van der Waals surface area contributed by atoms with E-state index in [0.29, 0.717) is 16.6 Å². The summed E-state index contributed by atoms with van der Waals surface area (Å²) in [5.74, 6) is 0. The van der Waals surface area contributed by atoms with Crippen LogP contribution in [-0.4, -0.2) is 20.2 Å². The van der Waals surface area contributed by atoms with E-state index in [0.717, 1.165) is 16.9 Å². The third-order valence-electron chi connectivity index (χ3n) is 2.97. The van der Waals surface area contributed by atoms with Crippen LogP contribution in [0.25, 0.3) is 5.69 Å². The minimum absolute atomic E-state index is 0.601. The molecule has 0 amide bonds. The second-order valence-corrected chi connectivity index (χ2v) is 5.23. The fourth-order valence-corrected chi connectivity index (χ4v) is 2.27. The van der Waals surface area contributed by atoms with E-state index in [1.165, 1.54) is 0 Å². The number of tetrazole rings is 1. The second kappa shape index (κ2) is 6.11. The first-order chi connectivity index (χ1) is 10.2. The zero-order valence-corrected chi connectivity index (χ0v) is 12.4. The highest BCUT2D eigenvalue weighted by Gasteiger charge is 2.02. The van der Waals surface area contributed by atoms with Gasteiger partial charge in [-0.1, -0.05) is 23.2 Å². The highest BCUT2D eigenvalue weighted by Crippen LogP contribution is 2.22. The first-order valence-electron chi connectivity index (χ1n) is 6.23. The third kappa shape index (κ3) is 3.32. The number of aromatic nitrogens is 4. The summed E-state index contributed by atoms with van der Waals surface area (Å²) < 4.78 is 1.59. The molecule has 3 rings (SSSR count). The van der Waals surface area contributed by atoms with Gasteiger partial charge in [0.2, 0.25) is 0 Å². The Morgan fingerprint density at radius 3 is 2.57 bits per heavy atom. The molecule has 1 aromatic heterocycles. The molecule has 106 valence electrons. The monoisotopic (exact) mass is 319 g/mol. The van der Waals surface area contributed by atoms with Gasteiger partial charge in [-0.3, -0.25) is 0 Å². The lowest BCUT2D eigenvalue weighted by Gasteiger charge is -2.09. The van der Waals surface area contributed by atoms with Crippen LogP contribution in [0.15, 0.2) is 48.8 Å². The number of nitrogens with zero attached hydrogens (tertiary/aromatic N) is 4. The van der Waals surface area contributed by atoms with E-state index in [1.54, 1.807) is 23.1 Å². The maximum atomic E-state index is 6.13. The van der Waals surface area contributed by atoms with Gasteiger partial charge in [0.1, 0.15) is 6.33 Å². The van der Waals surface area contributed by atoms with Gasteiger partial charge in [0.15, 0.2) is 0 Å². The molecule has 3 aromatic rings. The van der Waals surface area contributed by atoms with Gasteiger partial charge in [0.25, 0.3) is 0 Å². The topological polar surface area (TPSA) is 55.6 Å². The Labute approximate surface area is 131 Å². The second-order valence-electron chi connectivity index (χ2n) is 4.39. The largest absolute Gasteiger partial charge is 0.381 e. The number of rotatable bonds is 4. The number of nitrogens with one attached hydrogen (secondary N) is 1. The van der Waals surface area contributed by atoms with Crippen LogP contribution in [0.2, 0.25) is 10.0 Å². The molecule has 5 nitrogen and oxygen atoms in total. The Morgan fingerprint density at radius 1 is 1.05 bits per heavy atom. The van der Waals surface area contributed by atoms with Crippen LogP contribution >= 0.6 is 23.2 Å². The molecule has 0 saturated carbocycles. The summed E-state index contributed by atoms with van der Waals surface area (Å²) in [5, 5.41) is 15.7. The predicted molar refractivity (Wildman–Crippen MR) is 82.9 cm³/mol. The number of halogens is 2. The first kappa shape index (κ1) is 13.9. The van der Waals surface area contributed by atoms with Crippen molar-refractivity contribution < 1.29 is 0 Å². The summed E-state index contributed by atoms with van der Waals surface area (Å²) in [6, 6.07) is 13.2. The van der Waals surface area contributed by atoms with Crippen molar-refractivity contribution in [1.29, 1.82) is 0 Å². The van der Waals surface area contributed by atoms with Gasteiger partial charge in [0, 0.05) is 22.3 Å². The average molecular weight is 320 g/mol. The summed E-state index contributed by atoms with van der Waals surface area (Å²) in [7, 11) is 0. The minimum Gasteiger partial charge on any atom is -0.381 e. The lowest BCUT2D eigenvalue weighted by atomic mass is 10.2. The highest BCUT2D eigenvalue weighted by molar-refractivity contribution is 6.33. The van der Waals surface area contributed by atoms with Crippen LogP contribution in [0.5, 0.6) is 0 Å². The van der Waals surface area contributed by atoms with E-state index < -0.39 is 0 Å². The molecule has 0 saturated heterocycles. The molecule has 1 N–H and O–H groups in total. The van der Waals surface area contributed by atoms with Crippen LogP contribution in [0.3, 0.4) is 0 Å². The van der Waals surface area contributed by atoms with E-state index >= 15 is 0 Å². The molecule has 0 unspecified atom stereocenters. The Bertz CT molecular complexity index is 726. The molecular formula is C14H11Cl2N5. The fraction of sp³-hybridized carbons (Fsp3) is 0.0714. The molecule has 0 spiro atoms. The maximum Gasteiger partial charge on any atom is 0.143 e. The zero-order valence-electron chi connectivity index (χ0n) is 10.9. The standard InChI is InChI=1S/C14H11Cl2N5/c15-11-1-6-14(16)10(7-11)8-17-12-2-4-13(5-3-12)21-9-18-19-20-21/h1-7,9,17H,8H2. The lowest BCUT2D eigenvalue weighted by molar-refractivity contribution is 0.789. The maximum absolute atomic E-state index is 6.13. The molecule has 0 radical (unpaired) electrons. The Kier molecular flexibility index (Phi) is 4.03. The third-order valence-corrected chi connectivity index (χ3v) is 3.58. The van der Waals surface area contributed by atoms with Gasteiger partial charge in [-0.2, -0.15) is 0 Å². The molecule has 0 aliphatic carbocycles. The summed E-state index contributed by atoms with van der Waals surface area (Å²) in [6.07, 6.45) is 1.55. The number of anilines is 1. The van der Waals surface area contributed by atoms with Crippen LogP contribution in [-0.2, 0) is 6.54 Å². The fourth-order valence-electron chi connectivity index (χ4n) is 1.89. The average Bonchev–Trinajstić information content (AvgIpc) is 3.03. The summed E-state index contributed by atoms with van der Waals surface area (Å²) in [4.78, 5) is 0. The molecule has 0 aliphatic rings. The van der Waals surface area contributed by atoms with Crippen molar-refractivity contribution in [3.05, 3.63) is 64.4 Å². The van der Waals surface area contributed by atoms with Crippen molar-refractivity contribution in [2.45, 2.75) is 6.54 Å². The number of hydrogen-bond acceptors (Lipinski definition) is 4. The quantitative estimate of drug-likeness (QED) is 0.798. The lowest BCUT2D eigenvalue weighted by Crippen LogP contribution is -2.01. The van der Waals surface area contributed by atoms with Crippen LogP contribution in [0, 0.1) is 0 Å². The molecule has 0 fully saturated rings. The van der Waals surface area contributed by atoms with Crippen molar-refractivity contribution in [2.24, 2.45) is 0 Å². The van der Waals surface area contributed by atoms with E-state index in [-0.39, 0.29) is 0 Å². The first-order valence-corrected chi connectivity index (χ1v) is 6.99. The van der Waals surface area contributed by atoms with Crippen LogP contribution in [0.1, 0.15) is 5.56 Å². The molecule has 0 aliphatic heterocycles. The van der Waals surface area contributed by atoms with Crippen LogP contribution < -0.4 is 5.32 Å². The number of benzene rings is 2. The van der Waals surface area contributed by atoms with Crippen molar-refractivity contribution in [3.8, 4) is 5.69 Å². The minimum atomic E-state index is 0.601. The van der Waals surface area contributed by atoms with Crippen molar-refractivity contribution in [3.63, 3.8) is 0 Å². The molecule has 0 bridgehead atoms. The van der Waals surface area contributed by atoms with E-state index in [2.05, 4.69) is 20.8 Å². The summed E-state index contributed by atoms with van der Waals surface area (Å²) in [6.45, 7) is 0.601. The normalized spacial score (nSPS) is 10.6. The smallest absolute Gasteiger partial charge is 0.143 e. The predicted octanol–water partition coefficient (Wildman–Crippen LogP) is 3.58. The molecule has 1 heterocycles. The Morgan fingerprint density at radius 2 is 1.86 bits per heavy atom. The van der Waals surface area contributed by atoms with Crippen molar-refractivity contribution >= 4 is 28.9 Å². The van der Waals surface area contributed by atoms with Gasteiger partial charge in [-0.15, -0.1) is 5.10 Å². The van der Waals surface area contributed by atoms with Gasteiger partial charge in [-0.25, -0.2) is 4.68 Å². The molecular weight excluding hydrogens is 309 g/mol. The van der Waals surface area contributed by atoms with E-state index in [1.807, 2.05) is 30.3 Å². The summed E-state index contributed by atoms with van der Waals surface area (Å²) in [5.41, 5.74) is 2.82. The molecule has 7 heteroatoms. The SMILES string of the molecule is Clc1ccc(Cl)c(CNc2ccc(-n3cnnn3)cc2)c1. The Balaban J connectivity index is 1.70.